The Kier molecular flexibility index (Phi) is 8.85. The number of benzene rings is 1. The number of alkyl halides is 3. The summed E-state index contributed by atoms with van der Waals surface area (Å²) in [5, 5.41) is 7.12. The van der Waals surface area contributed by atoms with Gasteiger partial charge >= 0.3 is 12.1 Å². The molecule has 2 aliphatic rings. The van der Waals surface area contributed by atoms with E-state index in [2.05, 4.69) is 9.88 Å². The summed E-state index contributed by atoms with van der Waals surface area (Å²) in [5.41, 5.74) is 1.57. The Bertz CT molecular complexity index is 1280. The lowest BCUT2D eigenvalue weighted by atomic mass is 10.0. The van der Waals surface area contributed by atoms with Crippen molar-refractivity contribution in [2.24, 2.45) is 0 Å². The van der Waals surface area contributed by atoms with Crippen molar-refractivity contribution in [3.8, 4) is 5.75 Å². The minimum Gasteiger partial charge on any atom is -0.488 e. The number of nitrogens with one attached hydrogen (secondary N) is 1. The average Bonchev–Trinajstić information content (AvgIpc) is 3.64. The van der Waals surface area contributed by atoms with E-state index >= 15 is 0 Å². The van der Waals surface area contributed by atoms with Gasteiger partial charge in [0.2, 0.25) is 10.0 Å². The second-order valence-electron chi connectivity index (χ2n) is 9.17. The van der Waals surface area contributed by atoms with Crippen LogP contribution in [0.1, 0.15) is 53.1 Å². The molecule has 2 fully saturated rings. The molecule has 1 aliphatic heterocycles. The Morgan fingerprint density at radius 2 is 1.84 bits per heavy atom. The Hall–Kier alpha value is -3.42. The molecule has 14 heteroatoms. The van der Waals surface area contributed by atoms with Gasteiger partial charge in [-0.15, -0.1) is 0 Å². The van der Waals surface area contributed by atoms with E-state index in [1.54, 1.807) is 0 Å². The van der Waals surface area contributed by atoms with Crippen molar-refractivity contribution in [2.45, 2.75) is 50.8 Å². The number of carboxylic acid groups (broad SMARTS) is 1. The second-order valence-corrected chi connectivity index (χ2v) is 10.9. The molecule has 0 spiro atoms. The topological polar surface area (TPSA) is 126 Å². The van der Waals surface area contributed by atoms with Gasteiger partial charge in [-0.2, -0.15) is 13.2 Å². The normalized spacial score (nSPS) is 17.7. The van der Waals surface area contributed by atoms with Gasteiger partial charge in [-0.25, -0.2) is 27.3 Å². The lowest BCUT2D eigenvalue weighted by Crippen LogP contribution is -2.41. The van der Waals surface area contributed by atoms with Crippen molar-refractivity contribution >= 4 is 27.7 Å². The van der Waals surface area contributed by atoms with E-state index in [0.29, 0.717) is 12.3 Å². The van der Waals surface area contributed by atoms with Crippen molar-refractivity contribution in [1.82, 2.24) is 9.71 Å². The number of rotatable bonds is 6. The second kappa shape index (κ2) is 11.5. The summed E-state index contributed by atoms with van der Waals surface area (Å²) in [6.45, 7) is 3.51. The molecule has 38 heavy (non-hydrogen) atoms. The van der Waals surface area contributed by atoms with E-state index in [1.165, 1.54) is 12.1 Å². The van der Waals surface area contributed by atoms with Crippen LogP contribution >= 0.6 is 0 Å². The first-order chi connectivity index (χ1) is 17.6. The highest BCUT2D eigenvalue weighted by Gasteiger charge is 2.38. The summed E-state index contributed by atoms with van der Waals surface area (Å²) in [4.78, 5) is 27.8. The van der Waals surface area contributed by atoms with Crippen LogP contribution in [0.25, 0.3) is 0 Å². The highest BCUT2D eigenvalue weighted by molar-refractivity contribution is 7.89. The summed E-state index contributed by atoms with van der Waals surface area (Å²) in [6.07, 6.45) is 1.10. The third-order valence-corrected chi connectivity index (χ3v) is 6.33. The molecule has 1 aliphatic carbocycles. The number of sulfonamides is 1. The third-order valence-electron chi connectivity index (χ3n) is 5.77. The SMILES string of the molecule is Cc1ccc(N2CCC[C@@H](Oc3cc(F)c(C(=O)NS(C)(=O)=O)cc3C3CC3)C2)nc1.O=C(O)C(F)(F)F. The van der Waals surface area contributed by atoms with Gasteiger partial charge in [0.25, 0.3) is 5.91 Å². The van der Waals surface area contributed by atoms with Gasteiger partial charge in [0.15, 0.2) is 0 Å². The van der Waals surface area contributed by atoms with E-state index < -0.39 is 33.9 Å². The largest absolute Gasteiger partial charge is 0.490 e. The lowest BCUT2D eigenvalue weighted by Gasteiger charge is -2.34. The first kappa shape index (κ1) is 29.1. The molecule has 1 aromatic heterocycles. The number of pyridine rings is 1. The smallest absolute Gasteiger partial charge is 0.488 e. The molecule has 2 heterocycles. The van der Waals surface area contributed by atoms with E-state index in [9.17, 15) is 30.8 Å². The number of hydrogen-bond donors (Lipinski definition) is 2. The van der Waals surface area contributed by atoms with Gasteiger partial charge in [-0.3, -0.25) is 4.79 Å². The van der Waals surface area contributed by atoms with Crippen LogP contribution in [-0.2, 0) is 14.8 Å². The zero-order valence-electron chi connectivity index (χ0n) is 20.6. The molecule has 1 amide bonds. The number of aliphatic carboxylic acids is 1. The molecule has 1 saturated carbocycles. The molecule has 208 valence electrons. The molecule has 9 nitrogen and oxygen atoms in total. The summed E-state index contributed by atoms with van der Waals surface area (Å²) in [5.74, 6) is -3.01. The maximum Gasteiger partial charge on any atom is 0.490 e. The highest BCUT2D eigenvalue weighted by Crippen LogP contribution is 2.45. The maximum atomic E-state index is 14.7. The summed E-state index contributed by atoms with van der Waals surface area (Å²) in [6, 6.07) is 6.66. The number of nitrogens with zero attached hydrogens (tertiary/aromatic N) is 2. The molecule has 4 rings (SSSR count). The van der Waals surface area contributed by atoms with Crippen LogP contribution in [-0.4, -0.2) is 62.0 Å². The fourth-order valence-corrected chi connectivity index (χ4v) is 4.30. The monoisotopic (exact) mass is 561 g/mol. The molecule has 1 aromatic carbocycles. The summed E-state index contributed by atoms with van der Waals surface area (Å²) >= 11 is 0. The van der Waals surface area contributed by atoms with Crippen molar-refractivity contribution < 1.29 is 45.4 Å². The molecule has 0 unspecified atom stereocenters. The number of piperidine rings is 1. The molecule has 1 saturated heterocycles. The molecular formula is C24H27F4N3O6S. The molecule has 2 aromatic rings. The molecule has 0 radical (unpaired) electrons. The van der Waals surface area contributed by atoms with Gasteiger partial charge in [-0.05, 0) is 61.8 Å². The predicted molar refractivity (Wildman–Crippen MR) is 129 cm³/mol. The number of aryl methyl sites for hydroxylation is 1. The summed E-state index contributed by atoms with van der Waals surface area (Å²) < 4.78 is 77.2. The van der Waals surface area contributed by atoms with Gasteiger partial charge in [0.05, 0.1) is 18.4 Å². The number of hydrogen-bond acceptors (Lipinski definition) is 7. The van der Waals surface area contributed by atoms with Crippen LogP contribution < -0.4 is 14.4 Å². The first-order valence-electron chi connectivity index (χ1n) is 11.6. The van der Waals surface area contributed by atoms with Gasteiger partial charge in [0.1, 0.15) is 23.5 Å². The Balaban J connectivity index is 0.000000505. The van der Waals surface area contributed by atoms with Crippen molar-refractivity contribution in [2.75, 3.05) is 24.2 Å². The van der Waals surface area contributed by atoms with Gasteiger partial charge in [-0.1, -0.05) is 6.07 Å². The molecule has 1 atom stereocenters. The Morgan fingerprint density at radius 3 is 2.37 bits per heavy atom. The van der Waals surface area contributed by atoms with E-state index in [0.717, 1.165) is 55.4 Å². The highest BCUT2D eigenvalue weighted by atomic mass is 32.2. The Labute approximate surface area is 216 Å². The van der Waals surface area contributed by atoms with Crippen LogP contribution in [0.3, 0.4) is 0 Å². The minimum atomic E-state index is -5.08. The minimum absolute atomic E-state index is 0.135. The van der Waals surface area contributed by atoms with Crippen LogP contribution in [0.2, 0.25) is 0 Å². The van der Waals surface area contributed by atoms with Crippen LogP contribution in [0.15, 0.2) is 30.5 Å². The number of amides is 1. The third kappa shape index (κ3) is 8.30. The van der Waals surface area contributed by atoms with E-state index in [4.69, 9.17) is 14.6 Å². The van der Waals surface area contributed by atoms with E-state index in [-0.39, 0.29) is 17.6 Å². The summed E-state index contributed by atoms with van der Waals surface area (Å²) in [7, 11) is -3.78. The fraction of sp³-hybridized carbons (Fsp3) is 0.458. The zero-order valence-corrected chi connectivity index (χ0v) is 21.4. The Morgan fingerprint density at radius 1 is 1.18 bits per heavy atom. The number of ether oxygens (including phenoxy) is 1. The van der Waals surface area contributed by atoms with Crippen molar-refractivity contribution in [3.05, 3.63) is 53.0 Å². The molecular weight excluding hydrogens is 534 g/mol. The number of halogens is 4. The van der Waals surface area contributed by atoms with Crippen LogP contribution in [0, 0.1) is 12.7 Å². The quantitative estimate of drug-likeness (QED) is 0.511. The van der Waals surface area contributed by atoms with Crippen LogP contribution in [0.5, 0.6) is 5.75 Å². The number of aromatic nitrogens is 1. The number of carboxylic acids is 1. The van der Waals surface area contributed by atoms with Crippen LogP contribution in [0.4, 0.5) is 23.4 Å². The standard InChI is InChI=1S/C22H26FN3O4S.C2HF3O2/c1-14-5-8-21(24-12-14)26-9-3-4-16(13-26)30-20-11-19(23)18(10-17(20)15-6-7-15)22(27)25-31(2,28)29;3-2(4,5)1(6)7/h5,8,10-12,15-16H,3-4,6-7,9,13H2,1-2H3,(H,25,27);(H,6,7)/t16-;/m1./s1. The number of carbonyl (C=O) groups excluding carboxylic acids is 1. The van der Waals surface area contributed by atoms with Gasteiger partial charge in [0, 0.05) is 18.8 Å². The molecule has 2 N–H and O–H groups in total. The first-order valence-corrected chi connectivity index (χ1v) is 13.5. The van der Waals surface area contributed by atoms with Crippen molar-refractivity contribution in [1.29, 1.82) is 0 Å². The average molecular weight is 562 g/mol. The number of carbonyl (C=O) groups is 2. The molecule has 0 bridgehead atoms. The van der Waals surface area contributed by atoms with Gasteiger partial charge < -0.3 is 14.7 Å². The zero-order chi connectivity index (χ0) is 28.3. The number of anilines is 1. The van der Waals surface area contributed by atoms with Crippen molar-refractivity contribution in [3.63, 3.8) is 0 Å². The van der Waals surface area contributed by atoms with E-state index in [1.807, 2.05) is 30.0 Å². The predicted octanol–water partition coefficient (Wildman–Crippen LogP) is 3.78. The maximum absolute atomic E-state index is 14.7. The fourth-order valence-electron chi connectivity index (χ4n) is 3.85. The lowest BCUT2D eigenvalue weighted by molar-refractivity contribution is -0.192.